The zero-order valence-corrected chi connectivity index (χ0v) is 11.6. The van der Waals surface area contributed by atoms with Crippen LogP contribution in [0.4, 0.5) is 5.69 Å². The molecule has 1 aromatic heterocycles. The van der Waals surface area contributed by atoms with E-state index in [1.165, 1.54) is 0 Å². The van der Waals surface area contributed by atoms with Crippen LogP contribution in [0.1, 0.15) is 38.7 Å². The fourth-order valence-corrected chi connectivity index (χ4v) is 2.72. The Bertz CT molecular complexity index is 717. The van der Waals surface area contributed by atoms with E-state index in [-0.39, 0.29) is 17.2 Å². The minimum Gasteiger partial charge on any atom is -0.478 e. The number of amides is 1. The third-order valence-corrected chi connectivity index (χ3v) is 3.68. The minimum absolute atomic E-state index is 0.230. The van der Waals surface area contributed by atoms with Gasteiger partial charge in [-0.2, -0.15) is 0 Å². The molecule has 3 rings (SSSR count). The standard InChI is InChI=1S/C16H15NO4/c1-10-7-8-14(21-10)15(18)17-9-3-5-11-12(16(19)20)4-2-6-13(11)17/h2,4,6-8H,3,5,9H2,1H3,(H,19,20). The van der Waals surface area contributed by atoms with Crippen molar-refractivity contribution in [1.29, 1.82) is 0 Å². The number of aryl methyl sites for hydroxylation is 1. The lowest BCUT2D eigenvalue weighted by Gasteiger charge is -2.29. The molecule has 1 aromatic carbocycles. The highest BCUT2D eigenvalue weighted by atomic mass is 16.4. The van der Waals surface area contributed by atoms with Crippen molar-refractivity contribution in [3.63, 3.8) is 0 Å². The molecular weight excluding hydrogens is 270 g/mol. The Hall–Kier alpha value is -2.56. The molecule has 1 aliphatic rings. The van der Waals surface area contributed by atoms with Crippen molar-refractivity contribution in [2.45, 2.75) is 19.8 Å². The summed E-state index contributed by atoms with van der Waals surface area (Å²) < 4.78 is 5.38. The molecule has 0 atom stereocenters. The van der Waals surface area contributed by atoms with Gasteiger partial charge in [0.2, 0.25) is 0 Å². The third kappa shape index (κ3) is 2.31. The first-order valence-electron chi connectivity index (χ1n) is 6.81. The quantitative estimate of drug-likeness (QED) is 0.921. The summed E-state index contributed by atoms with van der Waals surface area (Å²) >= 11 is 0. The first-order valence-corrected chi connectivity index (χ1v) is 6.81. The predicted molar refractivity (Wildman–Crippen MR) is 76.8 cm³/mol. The average molecular weight is 285 g/mol. The van der Waals surface area contributed by atoms with Gasteiger partial charge in [-0.1, -0.05) is 6.07 Å². The molecule has 0 bridgehead atoms. The summed E-state index contributed by atoms with van der Waals surface area (Å²) in [5.74, 6) is -0.238. The number of anilines is 1. The molecule has 0 saturated heterocycles. The lowest BCUT2D eigenvalue weighted by molar-refractivity contribution is 0.0695. The Morgan fingerprint density at radius 3 is 2.71 bits per heavy atom. The second kappa shape index (κ2) is 5.09. The molecule has 108 valence electrons. The number of nitrogens with zero attached hydrogens (tertiary/aromatic N) is 1. The van der Waals surface area contributed by atoms with Gasteiger partial charge in [-0.3, -0.25) is 4.79 Å². The lowest BCUT2D eigenvalue weighted by atomic mass is 9.96. The van der Waals surface area contributed by atoms with E-state index in [1.54, 1.807) is 42.2 Å². The minimum atomic E-state index is -0.963. The Labute approximate surface area is 121 Å². The molecule has 1 amide bonds. The molecule has 5 nitrogen and oxygen atoms in total. The van der Waals surface area contributed by atoms with Gasteiger partial charge in [0.25, 0.3) is 5.91 Å². The summed E-state index contributed by atoms with van der Waals surface area (Å²) in [6.07, 6.45) is 1.40. The third-order valence-electron chi connectivity index (χ3n) is 3.68. The van der Waals surface area contributed by atoms with Crippen molar-refractivity contribution < 1.29 is 19.1 Å². The van der Waals surface area contributed by atoms with Gasteiger partial charge in [-0.15, -0.1) is 0 Å². The van der Waals surface area contributed by atoms with Gasteiger partial charge in [0, 0.05) is 12.2 Å². The number of carboxylic acids is 1. The second-order valence-corrected chi connectivity index (χ2v) is 5.08. The monoisotopic (exact) mass is 285 g/mol. The van der Waals surface area contributed by atoms with Crippen molar-refractivity contribution in [1.82, 2.24) is 0 Å². The van der Waals surface area contributed by atoms with E-state index in [9.17, 15) is 14.7 Å². The maximum Gasteiger partial charge on any atom is 0.336 e. The molecule has 21 heavy (non-hydrogen) atoms. The van der Waals surface area contributed by atoms with Crippen LogP contribution in [0.15, 0.2) is 34.7 Å². The van der Waals surface area contributed by atoms with Crippen LogP contribution in [0.5, 0.6) is 0 Å². The fourth-order valence-electron chi connectivity index (χ4n) is 2.72. The van der Waals surface area contributed by atoms with Crippen molar-refractivity contribution in [2.75, 3.05) is 11.4 Å². The second-order valence-electron chi connectivity index (χ2n) is 5.08. The van der Waals surface area contributed by atoms with Crippen LogP contribution in [0.2, 0.25) is 0 Å². The summed E-state index contributed by atoms with van der Waals surface area (Å²) in [5.41, 5.74) is 1.65. The largest absolute Gasteiger partial charge is 0.478 e. The molecule has 0 unspecified atom stereocenters. The van der Waals surface area contributed by atoms with E-state index in [0.717, 1.165) is 6.42 Å². The van der Waals surface area contributed by atoms with E-state index in [0.29, 0.717) is 30.0 Å². The Morgan fingerprint density at radius 1 is 1.24 bits per heavy atom. The van der Waals surface area contributed by atoms with Crippen molar-refractivity contribution >= 4 is 17.6 Å². The summed E-state index contributed by atoms with van der Waals surface area (Å²) in [6, 6.07) is 8.42. The number of furan rings is 1. The zero-order valence-electron chi connectivity index (χ0n) is 11.6. The number of benzene rings is 1. The molecule has 0 fully saturated rings. The summed E-state index contributed by atoms with van der Waals surface area (Å²) in [5, 5.41) is 9.26. The lowest BCUT2D eigenvalue weighted by Crippen LogP contribution is -2.35. The molecule has 0 saturated carbocycles. The van der Waals surface area contributed by atoms with Crippen molar-refractivity contribution in [3.05, 3.63) is 53.0 Å². The molecule has 1 N–H and O–H groups in total. The van der Waals surface area contributed by atoms with Crippen LogP contribution in [-0.2, 0) is 6.42 Å². The number of fused-ring (bicyclic) bond motifs is 1. The molecule has 0 spiro atoms. The topological polar surface area (TPSA) is 70.8 Å². The smallest absolute Gasteiger partial charge is 0.336 e. The summed E-state index contributed by atoms with van der Waals surface area (Å²) in [4.78, 5) is 25.4. The molecule has 2 heterocycles. The SMILES string of the molecule is Cc1ccc(C(=O)N2CCCc3c(C(=O)O)cccc32)o1. The average Bonchev–Trinajstić information content (AvgIpc) is 2.91. The maximum atomic E-state index is 12.5. The van der Waals surface area contributed by atoms with Gasteiger partial charge in [-0.05, 0) is 49.6 Å². The van der Waals surface area contributed by atoms with Gasteiger partial charge >= 0.3 is 5.97 Å². The normalized spacial score (nSPS) is 13.9. The van der Waals surface area contributed by atoms with Gasteiger partial charge in [0.1, 0.15) is 5.76 Å². The van der Waals surface area contributed by atoms with Gasteiger partial charge < -0.3 is 14.4 Å². The molecule has 0 aliphatic carbocycles. The maximum absolute atomic E-state index is 12.5. The van der Waals surface area contributed by atoms with Crippen LogP contribution in [-0.4, -0.2) is 23.5 Å². The number of aromatic carboxylic acids is 1. The number of hydrogen-bond donors (Lipinski definition) is 1. The van der Waals surface area contributed by atoms with E-state index >= 15 is 0 Å². The van der Waals surface area contributed by atoms with Crippen molar-refractivity contribution in [2.24, 2.45) is 0 Å². The molecule has 1 aliphatic heterocycles. The zero-order chi connectivity index (χ0) is 15.0. The highest BCUT2D eigenvalue weighted by molar-refractivity contribution is 6.06. The van der Waals surface area contributed by atoms with E-state index in [2.05, 4.69) is 0 Å². The molecular formula is C16H15NO4. The van der Waals surface area contributed by atoms with E-state index < -0.39 is 5.97 Å². The van der Waals surface area contributed by atoms with E-state index in [4.69, 9.17) is 4.42 Å². The summed E-state index contributed by atoms with van der Waals surface area (Å²) in [7, 11) is 0. The van der Waals surface area contributed by atoms with Crippen LogP contribution >= 0.6 is 0 Å². The number of carbonyl (C=O) groups excluding carboxylic acids is 1. The number of carbonyl (C=O) groups is 2. The van der Waals surface area contributed by atoms with Crippen LogP contribution in [0.25, 0.3) is 0 Å². The van der Waals surface area contributed by atoms with Gasteiger partial charge in [-0.25, -0.2) is 4.79 Å². The highest BCUT2D eigenvalue weighted by Crippen LogP contribution is 2.31. The molecule has 0 radical (unpaired) electrons. The van der Waals surface area contributed by atoms with Gasteiger partial charge in [0.15, 0.2) is 5.76 Å². The van der Waals surface area contributed by atoms with Crippen molar-refractivity contribution in [3.8, 4) is 0 Å². The van der Waals surface area contributed by atoms with Gasteiger partial charge in [0.05, 0.1) is 5.56 Å². The highest BCUT2D eigenvalue weighted by Gasteiger charge is 2.28. The summed E-state index contributed by atoms with van der Waals surface area (Å²) in [6.45, 7) is 2.35. The predicted octanol–water partition coefficient (Wildman–Crippen LogP) is 2.88. The first kappa shape index (κ1) is 13.4. The van der Waals surface area contributed by atoms with Crippen LogP contribution < -0.4 is 4.90 Å². The number of carboxylic acid groups (broad SMARTS) is 1. The molecule has 2 aromatic rings. The molecule has 5 heteroatoms. The number of hydrogen-bond acceptors (Lipinski definition) is 3. The van der Waals surface area contributed by atoms with Crippen LogP contribution in [0.3, 0.4) is 0 Å². The fraction of sp³-hybridized carbons (Fsp3) is 0.250. The first-order chi connectivity index (χ1) is 10.1. The Kier molecular flexibility index (Phi) is 3.25. The Morgan fingerprint density at radius 2 is 2.05 bits per heavy atom. The van der Waals surface area contributed by atoms with E-state index in [1.807, 2.05) is 0 Å². The number of rotatable bonds is 2. The van der Waals surface area contributed by atoms with Crippen LogP contribution in [0, 0.1) is 6.92 Å². The Balaban J connectivity index is 2.03.